The van der Waals surface area contributed by atoms with E-state index in [1.54, 1.807) is 6.07 Å². The Morgan fingerprint density at radius 1 is 1.32 bits per heavy atom. The first kappa shape index (κ1) is 11.7. The van der Waals surface area contributed by atoms with E-state index in [4.69, 9.17) is 4.74 Å². The maximum absolute atomic E-state index is 13.5. The zero-order valence-corrected chi connectivity index (χ0v) is 11.3. The number of benzene rings is 1. The number of fused-ring (bicyclic) bond motifs is 4. The first-order chi connectivity index (χ1) is 9.20. The molecule has 1 heterocycles. The van der Waals surface area contributed by atoms with Gasteiger partial charge in [0.25, 0.3) is 0 Å². The van der Waals surface area contributed by atoms with Crippen molar-refractivity contribution in [3.8, 4) is 5.75 Å². The molecule has 4 rings (SSSR count). The lowest BCUT2D eigenvalue weighted by Gasteiger charge is -2.45. The standard InChI is InChI=1S/C16H20FNO/c1-18-14-9-16(8-10-2-3-11(16)6-10)19-15-7-12(17)4-5-13(14)15/h4-5,7,10-11,14,18H,2-3,6,8-9H2,1H3. The minimum Gasteiger partial charge on any atom is -0.486 e. The van der Waals surface area contributed by atoms with Crippen LogP contribution in [0.1, 0.15) is 43.7 Å². The van der Waals surface area contributed by atoms with E-state index in [9.17, 15) is 4.39 Å². The second-order valence-electron chi connectivity index (χ2n) is 6.47. The fourth-order valence-corrected chi connectivity index (χ4v) is 4.63. The maximum atomic E-state index is 13.5. The summed E-state index contributed by atoms with van der Waals surface area (Å²) in [7, 11) is 1.99. The van der Waals surface area contributed by atoms with Gasteiger partial charge in [-0.05, 0) is 50.6 Å². The summed E-state index contributed by atoms with van der Waals surface area (Å²) in [4.78, 5) is 0. The molecule has 102 valence electrons. The summed E-state index contributed by atoms with van der Waals surface area (Å²) in [6.07, 6.45) is 6.14. The fourth-order valence-electron chi connectivity index (χ4n) is 4.63. The molecule has 3 aliphatic rings. The Bertz CT molecular complexity index is 517. The van der Waals surface area contributed by atoms with Gasteiger partial charge in [0, 0.05) is 24.1 Å². The number of rotatable bonds is 1. The molecular formula is C16H20FNO. The maximum Gasteiger partial charge on any atom is 0.127 e. The molecule has 1 aromatic rings. The van der Waals surface area contributed by atoms with Crippen molar-refractivity contribution >= 4 is 0 Å². The van der Waals surface area contributed by atoms with Crippen molar-refractivity contribution in [3.63, 3.8) is 0 Å². The molecule has 0 aromatic heterocycles. The SMILES string of the molecule is CNC1CC2(CC3CCC2C3)Oc2cc(F)ccc21. The summed E-state index contributed by atoms with van der Waals surface area (Å²) in [5.74, 6) is 2.06. The number of hydrogen-bond acceptors (Lipinski definition) is 2. The predicted molar refractivity (Wildman–Crippen MR) is 71.6 cm³/mol. The fraction of sp³-hybridized carbons (Fsp3) is 0.625. The zero-order valence-electron chi connectivity index (χ0n) is 11.3. The molecule has 1 aromatic carbocycles. The van der Waals surface area contributed by atoms with Crippen LogP contribution in [0, 0.1) is 17.7 Å². The van der Waals surface area contributed by atoms with E-state index in [0.29, 0.717) is 12.0 Å². The normalized spacial score (nSPS) is 39.4. The van der Waals surface area contributed by atoms with E-state index in [1.165, 1.54) is 25.3 Å². The van der Waals surface area contributed by atoms with Crippen LogP contribution in [0.3, 0.4) is 0 Å². The third kappa shape index (κ3) is 1.64. The lowest BCUT2D eigenvalue weighted by atomic mass is 9.76. The second-order valence-corrected chi connectivity index (χ2v) is 6.47. The van der Waals surface area contributed by atoms with Crippen LogP contribution in [0.4, 0.5) is 4.39 Å². The molecule has 0 radical (unpaired) electrons. The van der Waals surface area contributed by atoms with Crippen molar-refractivity contribution in [2.24, 2.45) is 11.8 Å². The highest BCUT2D eigenvalue weighted by Crippen LogP contribution is 2.57. The monoisotopic (exact) mass is 261 g/mol. The number of nitrogens with one attached hydrogen (secondary N) is 1. The van der Waals surface area contributed by atoms with Gasteiger partial charge in [0.1, 0.15) is 17.2 Å². The Morgan fingerprint density at radius 3 is 2.89 bits per heavy atom. The summed E-state index contributed by atoms with van der Waals surface area (Å²) in [6, 6.07) is 5.26. The van der Waals surface area contributed by atoms with E-state index >= 15 is 0 Å². The van der Waals surface area contributed by atoms with Crippen molar-refractivity contribution in [1.82, 2.24) is 5.32 Å². The minimum absolute atomic E-state index is 0.0304. The zero-order chi connectivity index (χ0) is 13.0. The molecule has 4 atom stereocenters. The van der Waals surface area contributed by atoms with Crippen LogP contribution in [-0.4, -0.2) is 12.6 Å². The average Bonchev–Trinajstić information content (AvgIpc) is 2.97. The molecular weight excluding hydrogens is 241 g/mol. The first-order valence-corrected chi connectivity index (χ1v) is 7.36. The molecule has 1 aliphatic heterocycles. The third-order valence-corrected chi connectivity index (χ3v) is 5.48. The van der Waals surface area contributed by atoms with Crippen molar-refractivity contribution in [2.45, 2.75) is 43.7 Å². The minimum atomic E-state index is -0.200. The van der Waals surface area contributed by atoms with Gasteiger partial charge in [-0.15, -0.1) is 0 Å². The lowest BCUT2D eigenvalue weighted by Crippen LogP contribution is -2.47. The second kappa shape index (κ2) is 3.95. The molecule has 2 nitrogen and oxygen atoms in total. The van der Waals surface area contributed by atoms with Crippen LogP contribution in [0.25, 0.3) is 0 Å². The van der Waals surface area contributed by atoms with Gasteiger partial charge >= 0.3 is 0 Å². The third-order valence-electron chi connectivity index (χ3n) is 5.48. The van der Waals surface area contributed by atoms with Crippen molar-refractivity contribution in [3.05, 3.63) is 29.6 Å². The molecule has 4 unspecified atom stereocenters. The molecule has 1 spiro atoms. The van der Waals surface area contributed by atoms with Gasteiger partial charge in [-0.3, -0.25) is 0 Å². The van der Waals surface area contributed by atoms with Crippen molar-refractivity contribution in [2.75, 3.05) is 7.05 Å². The van der Waals surface area contributed by atoms with Crippen LogP contribution in [0.2, 0.25) is 0 Å². The van der Waals surface area contributed by atoms with E-state index < -0.39 is 0 Å². The largest absolute Gasteiger partial charge is 0.486 e. The van der Waals surface area contributed by atoms with Crippen molar-refractivity contribution in [1.29, 1.82) is 0 Å². The highest BCUT2D eigenvalue weighted by molar-refractivity contribution is 5.40. The van der Waals surface area contributed by atoms with E-state index in [1.807, 2.05) is 13.1 Å². The Hall–Kier alpha value is -1.09. The summed E-state index contributed by atoms with van der Waals surface area (Å²) in [5, 5.41) is 3.39. The summed E-state index contributed by atoms with van der Waals surface area (Å²) in [5.41, 5.74) is 1.08. The topological polar surface area (TPSA) is 21.3 Å². The summed E-state index contributed by atoms with van der Waals surface area (Å²) >= 11 is 0. The molecule has 0 saturated heterocycles. The Kier molecular flexibility index (Phi) is 2.44. The predicted octanol–water partition coefficient (Wildman–Crippen LogP) is 3.43. The van der Waals surface area contributed by atoms with Crippen molar-refractivity contribution < 1.29 is 9.13 Å². The van der Waals surface area contributed by atoms with Gasteiger partial charge in [0.2, 0.25) is 0 Å². The van der Waals surface area contributed by atoms with Crippen LogP contribution >= 0.6 is 0 Å². The van der Waals surface area contributed by atoms with Gasteiger partial charge < -0.3 is 10.1 Å². The molecule has 2 fully saturated rings. The van der Waals surface area contributed by atoms with Crippen LogP contribution in [-0.2, 0) is 0 Å². The van der Waals surface area contributed by atoms with Crippen LogP contribution in [0.15, 0.2) is 18.2 Å². The molecule has 0 amide bonds. The van der Waals surface area contributed by atoms with Crippen LogP contribution < -0.4 is 10.1 Å². The molecule has 1 N–H and O–H groups in total. The highest BCUT2D eigenvalue weighted by Gasteiger charge is 2.55. The van der Waals surface area contributed by atoms with Gasteiger partial charge in [0.15, 0.2) is 0 Å². The average molecular weight is 261 g/mol. The van der Waals surface area contributed by atoms with Gasteiger partial charge in [-0.25, -0.2) is 4.39 Å². The van der Waals surface area contributed by atoms with E-state index in [2.05, 4.69) is 5.32 Å². The van der Waals surface area contributed by atoms with E-state index in [0.717, 1.165) is 30.1 Å². The van der Waals surface area contributed by atoms with Gasteiger partial charge in [-0.1, -0.05) is 6.07 Å². The highest BCUT2D eigenvalue weighted by atomic mass is 19.1. The first-order valence-electron chi connectivity index (χ1n) is 7.36. The number of ether oxygens (including phenoxy) is 1. The van der Waals surface area contributed by atoms with Crippen LogP contribution in [0.5, 0.6) is 5.75 Å². The molecule has 2 bridgehead atoms. The Labute approximate surface area is 113 Å². The number of halogens is 1. The Morgan fingerprint density at radius 2 is 2.21 bits per heavy atom. The molecule has 19 heavy (non-hydrogen) atoms. The smallest absolute Gasteiger partial charge is 0.127 e. The quantitative estimate of drug-likeness (QED) is 0.836. The lowest BCUT2D eigenvalue weighted by molar-refractivity contribution is -0.0178. The summed E-state index contributed by atoms with van der Waals surface area (Å²) < 4.78 is 19.8. The van der Waals surface area contributed by atoms with E-state index in [-0.39, 0.29) is 11.4 Å². The van der Waals surface area contributed by atoms with Gasteiger partial charge in [-0.2, -0.15) is 0 Å². The molecule has 2 saturated carbocycles. The van der Waals surface area contributed by atoms with Gasteiger partial charge in [0.05, 0.1) is 0 Å². The molecule has 2 aliphatic carbocycles. The Balaban J connectivity index is 1.75. The number of hydrogen-bond donors (Lipinski definition) is 1. The summed E-state index contributed by atoms with van der Waals surface area (Å²) in [6.45, 7) is 0. The molecule has 3 heteroatoms.